The minimum atomic E-state index is -0.318. The van der Waals surface area contributed by atoms with Crippen molar-refractivity contribution >= 4 is 15.9 Å². The molecular formula is C16H23BrO. The van der Waals surface area contributed by atoms with Gasteiger partial charge >= 0.3 is 0 Å². The third kappa shape index (κ3) is 3.83. The molecular weight excluding hydrogens is 288 g/mol. The largest absolute Gasteiger partial charge is 0.388 e. The molecule has 2 rings (SSSR count). The molecule has 100 valence electrons. The fourth-order valence-corrected chi connectivity index (χ4v) is 3.45. The topological polar surface area (TPSA) is 20.2 Å². The summed E-state index contributed by atoms with van der Waals surface area (Å²) in [6.07, 6.45) is 8.64. The van der Waals surface area contributed by atoms with Crippen molar-refractivity contribution in [1.29, 1.82) is 0 Å². The van der Waals surface area contributed by atoms with Crippen molar-refractivity contribution in [3.05, 3.63) is 33.8 Å². The summed E-state index contributed by atoms with van der Waals surface area (Å²) in [5, 5.41) is 10.3. The molecule has 0 amide bonds. The van der Waals surface area contributed by atoms with Gasteiger partial charge in [-0.3, -0.25) is 0 Å². The summed E-state index contributed by atoms with van der Waals surface area (Å²) >= 11 is 3.54. The Labute approximate surface area is 119 Å². The number of hydrogen-bond donors (Lipinski definition) is 1. The van der Waals surface area contributed by atoms with E-state index in [1.165, 1.54) is 44.1 Å². The van der Waals surface area contributed by atoms with Crippen LogP contribution in [0.1, 0.15) is 62.2 Å². The van der Waals surface area contributed by atoms with E-state index in [1.807, 2.05) is 6.07 Å². The number of hydrogen-bond acceptors (Lipinski definition) is 1. The van der Waals surface area contributed by atoms with E-state index in [1.54, 1.807) is 0 Å². The van der Waals surface area contributed by atoms with Gasteiger partial charge in [0.25, 0.3) is 0 Å². The van der Waals surface area contributed by atoms with E-state index >= 15 is 0 Å². The van der Waals surface area contributed by atoms with Crippen LogP contribution >= 0.6 is 15.9 Å². The average Bonchev–Trinajstić information content (AvgIpc) is 2.40. The van der Waals surface area contributed by atoms with E-state index < -0.39 is 0 Å². The monoisotopic (exact) mass is 310 g/mol. The lowest BCUT2D eigenvalue weighted by Gasteiger charge is -2.23. The number of aliphatic hydroxyl groups is 1. The molecule has 1 aliphatic rings. The Hall–Kier alpha value is -0.340. The Kier molecular flexibility index (Phi) is 5.25. The Morgan fingerprint density at radius 3 is 2.72 bits per heavy atom. The lowest BCUT2D eigenvalue weighted by atomic mass is 9.85. The van der Waals surface area contributed by atoms with E-state index in [-0.39, 0.29) is 6.10 Å². The third-order valence-corrected chi connectivity index (χ3v) is 4.81. The van der Waals surface area contributed by atoms with Gasteiger partial charge in [0.05, 0.1) is 6.10 Å². The second kappa shape index (κ2) is 6.72. The summed E-state index contributed by atoms with van der Waals surface area (Å²) < 4.78 is 1.03. The fourth-order valence-electron chi connectivity index (χ4n) is 2.94. The Morgan fingerprint density at radius 1 is 1.28 bits per heavy atom. The van der Waals surface area contributed by atoms with Crippen LogP contribution in [0.3, 0.4) is 0 Å². The maximum absolute atomic E-state index is 10.3. The summed E-state index contributed by atoms with van der Waals surface area (Å²) in [4.78, 5) is 0. The number of benzene rings is 1. The van der Waals surface area contributed by atoms with E-state index in [0.29, 0.717) is 0 Å². The third-order valence-electron chi connectivity index (χ3n) is 4.08. The normalized spacial score (nSPS) is 18.8. The van der Waals surface area contributed by atoms with Crippen molar-refractivity contribution < 1.29 is 5.11 Å². The molecule has 1 N–H and O–H groups in total. The van der Waals surface area contributed by atoms with Crippen LogP contribution in [0.5, 0.6) is 0 Å². The van der Waals surface area contributed by atoms with Crippen molar-refractivity contribution in [2.24, 2.45) is 5.92 Å². The molecule has 0 spiro atoms. The molecule has 0 radical (unpaired) electrons. The van der Waals surface area contributed by atoms with Gasteiger partial charge in [-0.15, -0.1) is 0 Å². The molecule has 1 atom stereocenters. The van der Waals surface area contributed by atoms with E-state index in [0.717, 1.165) is 22.4 Å². The Bertz CT molecular complexity index is 383. The molecule has 0 aromatic heterocycles. The molecule has 0 heterocycles. The maximum atomic E-state index is 10.3. The predicted molar refractivity (Wildman–Crippen MR) is 79.6 cm³/mol. The minimum absolute atomic E-state index is 0.318. The molecule has 18 heavy (non-hydrogen) atoms. The molecule has 1 aromatic carbocycles. The van der Waals surface area contributed by atoms with Crippen molar-refractivity contribution in [2.45, 2.75) is 58.0 Å². The van der Waals surface area contributed by atoms with Crippen LogP contribution < -0.4 is 0 Å². The van der Waals surface area contributed by atoms with Crippen LogP contribution in [-0.2, 0) is 0 Å². The zero-order valence-corrected chi connectivity index (χ0v) is 12.7. The average molecular weight is 311 g/mol. The number of halogens is 1. The van der Waals surface area contributed by atoms with Crippen LogP contribution in [0, 0.1) is 12.8 Å². The lowest BCUT2D eigenvalue weighted by molar-refractivity contribution is 0.150. The first kappa shape index (κ1) is 14.1. The quantitative estimate of drug-likeness (QED) is 0.815. The SMILES string of the molecule is Cc1ccc(Br)c(C(O)CCC2CCCCC2)c1. The highest BCUT2D eigenvalue weighted by Crippen LogP contribution is 2.32. The first-order valence-corrected chi connectivity index (χ1v) is 7.90. The molecule has 0 aliphatic heterocycles. The van der Waals surface area contributed by atoms with E-state index in [2.05, 4.69) is 35.0 Å². The summed E-state index contributed by atoms with van der Waals surface area (Å²) in [5.74, 6) is 0.844. The summed E-state index contributed by atoms with van der Waals surface area (Å²) in [6.45, 7) is 2.07. The molecule has 0 saturated heterocycles. The molecule has 2 heteroatoms. The van der Waals surface area contributed by atoms with Gasteiger partial charge in [0.1, 0.15) is 0 Å². The standard InChI is InChI=1S/C16H23BrO/c1-12-7-9-15(17)14(11-12)16(18)10-8-13-5-3-2-4-6-13/h7,9,11,13,16,18H,2-6,8,10H2,1H3. The second-order valence-electron chi connectivity index (χ2n) is 5.62. The highest BCUT2D eigenvalue weighted by molar-refractivity contribution is 9.10. The first-order valence-electron chi connectivity index (χ1n) is 7.11. The van der Waals surface area contributed by atoms with Crippen molar-refractivity contribution in [3.63, 3.8) is 0 Å². The van der Waals surface area contributed by atoms with Crippen molar-refractivity contribution in [2.75, 3.05) is 0 Å². The van der Waals surface area contributed by atoms with Crippen LogP contribution in [0.15, 0.2) is 22.7 Å². The van der Waals surface area contributed by atoms with Gasteiger partial charge in [-0.05, 0) is 37.3 Å². The van der Waals surface area contributed by atoms with Gasteiger partial charge in [0.15, 0.2) is 0 Å². The highest BCUT2D eigenvalue weighted by atomic mass is 79.9. The molecule has 1 nitrogen and oxygen atoms in total. The van der Waals surface area contributed by atoms with Crippen LogP contribution in [0.2, 0.25) is 0 Å². The molecule has 1 unspecified atom stereocenters. The van der Waals surface area contributed by atoms with Gasteiger partial charge in [-0.25, -0.2) is 0 Å². The van der Waals surface area contributed by atoms with Crippen LogP contribution in [0.25, 0.3) is 0 Å². The fraction of sp³-hybridized carbons (Fsp3) is 0.625. The summed E-state index contributed by atoms with van der Waals surface area (Å²) in [7, 11) is 0. The molecule has 0 bridgehead atoms. The Morgan fingerprint density at radius 2 is 2.00 bits per heavy atom. The van der Waals surface area contributed by atoms with Crippen LogP contribution in [0.4, 0.5) is 0 Å². The van der Waals surface area contributed by atoms with Crippen LogP contribution in [-0.4, -0.2) is 5.11 Å². The van der Waals surface area contributed by atoms with Gasteiger partial charge in [-0.2, -0.15) is 0 Å². The highest BCUT2D eigenvalue weighted by Gasteiger charge is 2.17. The smallest absolute Gasteiger partial charge is 0.0801 e. The van der Waals surface area contributed by atoms with Crippen molar-refractivity contribution in [1.82, 2.24) is 0 Å². The summed E-state index contributed by atoms with van der Waals surface area (Å²) in [5.41, 5.74) is 2.26. The number of aryl methyl sites for hydroxylation is 1. The van der Waals surface area contributed by atoms with Gasteiger partial charge < -0.3 is 5.11 Å². The Balaban J connectivity index is 1.90. The van der Waals surface area contributed by atoms with Crippen molar-refractivity contribution in [3.8, 4) is 0 Å². The predicted octanol–water partition coefficient (Wildman–Crippen LogP) is 5.15. The van der Waals surface area contributed by atoms with Gasteiger partial charge in [0.2, 0.25) is 0 Å². The van der Waals surface area contributed by atoms with Gasteiger partial charge in [0, 0.05) is 4.47 Å². The zero-order chi connectivity index (χ0) is 13.0. The van der Waals surface area contributed by atoms with Gasteiger partial charge in [-0.1, -0.05) is 65.7 Å². The maximum Gasteiger partial charge on any atom is 0.0801 e. The lowest BCUT2D eigenvalue weighted by Crippen LogP contribution is -2.08. The number of rotatable bonds is 4. The van der Waals surface area contributed by atoms with E-state index in [9.17, 15) is 5.11 Å². The molecule has 1 aliphatic carbocycles. The zero-order valence-electron chi connectivity index (χ0n) is 11.2. The molecule has 1 saturated carbocycles. The molecule has 1 aromatic rings. The summed E-state index contributed by atoms with van der Waals surface area (Å²) in [6, 6.07) is 6.20. The molecule has 1 fully saturated rings. The first-order chi connectivity index (χ1) is 8.66. The number of aliphatic hydroxyl groups excluding tert-OH is 1. The van der Waals surface area contributed by atoms with E-state index in [4.69, 9.17) is 0 Å². The second-order valence-corrected chi connectivity index (χ2v) is 6.48. The minimum Gasteiger partial charge on any atom is -0.388 e.